The van der Waals surface area contributed by atoms with Gasteiger partial charge in [0.1, 0.15) is 0 Å². The van der Waals surface area contributed by atoms with Crippen molar-refractivity contribution in [3.05, 3.63) is 29.6 Å². The monoisotopic (exact) mass is 245 g/mol. The topological polar surface area (TPSA) is 28.2 Å². The summed E-state index contributed by atoms with van der Waals surface area (Å²) < 4.78 is 0. The van der Waals surface area contributed by atoms with Crippen molar-refractivity contribution in [1.82, 2.24) is 15.2 Å². The van der Waals surface area contributed by atoms with Gasteiger partial charge < -0.3 is 5.32 Å². The first-order chi connectivity index (χ1) is 8.81. The fraction of sp³-hybridized carbons (Fsp3) is 0.667. The predicted octanol–water partition coefficient (Wildman–Crippen LogP) is 2.11. The van der Waals surface area contributed by atoms with Crippen LogP contribution in [-0.2, 0) is 6.54 Å². The van der Waals surface area contributed by atoms with Crippen molar-refractivity contribution in [3.63, 3.8) is 0 Å². The Hall–Kier alpha value is -0.930. The van der Waals surface area contributed by atoms with Crippen LogP contribution in [0.15, 0.2) is 18.5 Å². The average molecular weight is 245 g/mol. The van der Waals surface area contributed by atoms with Crippen molar-refractivity contribution in [1.29, 1.82) is 0 Å². The maximum Gasteiger partial charge on any atom is 0.0315 e. The summed E-state index contributed by atoms with van der Waals surface area (Å²) in [4.78, 5) is 6.82. The van der Waals surface area contributed by atoms with Gasteiger partial charge in [-0.15, -0.1) is 0 Å². The van der Waals surface area contributed by atoms with E-state index in [9.17, 15) is 0 Å². The summed E-state index contributed by atoms with van der Waals surface area (Å²) in [5, 5.41) is 3.77. The number of nitrogens with zero attached hydrogens (tertiary/aromatic N) is 2. The van der Waals surface area contributed by atoms with Crippen LogP contribution in [0.25, 0.3) is 0 Å². The fourth-order valence-electron chi connectivity index (χ4n) is 2.82. The maximum atomic E-state index is 4.25. The van der Waals surface area contributed by atoms with Gasteiger partial charge in [-0.3, -0.25) is 9.88 Å². The van der Waals surface area contributed by atoms with Gasteiger partial charge in [-0.05, 0) is 56.3 Å². The molecular weight excluding hydrogens is 222 g/mol. The Morgan fingerprint density at radius 1 is 1.33 bits per heavy atom. The van der Waals surface area contributed by atoms with Crippen molar-refractivity contribution >= 4 is 0 Å². The van der Waals surface area contributed by atoms with Crippen LogP contribution in [0.2, 0.25) is 0 Å². The van der Waals surface area contributed by atoms with E-state index in [1.807, 2.05) is 12.4 Å². The van der Waals surface area contributed by atoms with E-state index in [1.165, 1.54) is 49.9 Å². The highest BCUT2D eigenvalue weighted by atomic mass is 15.2. The summed E-state index contributed by atoms with van der Waals surface area (Å²) >= 11 is 0. The predicted molar refractivity (Wildman–Crippen MR) is 73.4 cm³/mol. The minimum atomic E-state index is 0.711. The first kappa shape index (κ1) is 12.1. The summed E-state index contributed by atoms with van der Waals surface area (Å²) in [5.74, 6) is 0. The molecule has 1 aliphatic heterocycles. The highest BCUT2D eigenvalue weighted by molar-refractivity contribution is 5.21. The molecule has 1 aromatic rings. The molecule has 0 spiro atoms. The van der Waals surface area contributed by atoms with Crippen LogP contribution in [0.5, 0.6) is 0 Å². The zero-order valence-electron chi connectivity index (χ0n) is 11.2. The number of pyridine rings is 1. The minimum Gasteiger partial charge on any atom is -0.310 e. The lowest BCUT2D eigenvalue weighted by Gasteiger charge is -2.33. The summed E-state index contributed by atoms with van der Waals surface area (Å²) in [6.07, 6.45) is 9.35. The molecule has 0 aromatic carbocycles. The lowest BCUT2D eigenvalue weighted by molar-refractivity contribution is 0.182. The molecule has 1 atom stereocenters. The Morgan fingerprint density at radius 2 is 2.22 bits per heavy atom. The van der Waals surface area contributed by atoms with Gasteiger partial charge in [-0.1, -0.05) is 0 Å². The Kier molecular flexibility index (Phi) is 3.62. The van der Waals surface area contributed by atoms with Crippen LogP contribution in [-0.4, -0.2) is 35.1 Å². The molecule has 1 aliphatic carbocycles. The number of hydrogen-bond donors (Lipinski definition) is 1. The zero-order valence-corrected chi connectivity index (χ0v) is 11.2. The number of hydrogen-bond acceptors (Lipinski definition) is 3. The summed E-state index contributed by atoms with van der Waals surface area (Å²) in [6, 6.07) is 3.65. The van der Waals surface area contributed by atoms with E-state index >= 15 is 0 Å². The quantitative estimate of drug-likeness (QED) is 0.880. The van der Waals surface area contributed by atoms with E-state index in [0.29, 0.717) is 6.04 Å². The molecule has 2 fully saturated rings. The van der Waals surface area contributed by atoms with E-state index in [4.69, 9.17) is 0 Å². The smallest absolute Gasteiger partial charge is 0.0315 e. The van der Waals surface area contributed by atoms with Crippen LogP contribution in [0, 0.1) is 6.92 Å². The maximum absolute atomic E-state index is 4.25. The van der Waals surface area contributed by atoms with E-state index in [1.54, 1.807) is 0 Å². The van der Waals surface area contributed by atoms with Gasteiger partial charge in [0.15, 0.2) is 0 Å². The molecular formula is C15H23N3. The number of nitrogens with one attached hydrogen (secondary N) is 1. The number of likely N-dealkylation sites (tertiary alicyclic amines) is 1. The molecule has 0 radical (unpaired) electrons. The van der Waals surface area contributed by atoms with Crippen molar-refractivity contribution in [2.45, 2.75) is 51.2 Å². The molecule has 1 N–H and O–H groups in total. The first-order valence-electron chi connectivity index (χ1n) is 7.19. The molecule has 1 unspecified atom stereocenters. The highest BCUT2D eigenvalue weighted by Gasteiger charge is 2.27. The second-order valence-corrected chi connectivity index (χ2v) is 5.82. The van der Waals surface area contributed by atoms with Gasteiger partial charge in [-0.25, -0.2) is 0 Å². The van der Waals surface area contributed by atoms with Crippen LogP contribution in [0.3, 0.4) is 0 Å². The molecule has 1 saturated carbocycles. The van der Waals surface area contributed by atoms with E-state index < -0.39 is 0 Å². The third-order valence-electron chi connectivity index (χ3n) is 4.10. The second kappa shape index (κ2) is 5.37. The van der Waals surface area contributed by atoms with E-state index in [-0.39, 0.29) is 0 Å². The van der Waals surface area contributed by atoms with Gasteiger partial charge in [0, 0.05) is 37.6 Å². The van der Waals surface area contributed by atoms with Crippen LogP contribution < -0.4 is 5.32 Å². The Balaban J connectivity index is 1.57. The molecule has 3 rings (SSSR count). The van der Waals surface area contributed by atoms with Crippen LogP contribution >= 0.6 is 0 Å². The summed E-state index contributed by atoms with van der Waals surface area (Å²) in [5.41, 5.74) is 2.74. The number of rotatable bonds is 4. The summed E-state index contributed by atoms with van der Waals surface area (Å²) in [7, 11) is 0. The minimum absolute atomic E-state index is 0.711. The molecule has 98 valence electrons. The normalized spacial score (nSPS) is 25.3. The molecule has 3 nitrogen and oxygen atoms in total. The Labute approximate surface area is 110 Å². The van der Waals surface area contributed by atoms with E-state index in [2.05, 4.69) is 28.2 Å². The van der Waals surface area contributed by atoms with Gasteiger partial charge in [0.05, 0.1) is 0 Å². The number of aryl methyl sites for hydroxylation is 1. The lowest BCUT2D eigenvalue weighted by Crippen LogP contribution is -2.46. The van der Waals surface area contributed by atoms with Crippen molar-refractivity contribution in [3.8, 4) is 0 Å². The molecule has 0 amide bonds. The summed E-state index contributed by atoms with van der Waals surface area (Å²) in [6.45, 7) is 5.67. The Morgan fingerprint density at radius 3 is 3.00 bits per heavy atom. The Bertz CT molecular complexity index is 400. The fourth-order valence-corrected chi connectivity index (χ4v) is 2.82. The zero-order chi connectivity index (χ0) is 12.4. The first-order valence-corrected chi connectivity index (χ1v) is 7.19. The van der Waals surface area contributed by atoms with Gasteiger partial charge in [-0.2, -0.15) is 0 Å². The second-order valence-electron chi connectivity index (χ2n) is 5.82. The SMILES string of the molecule is Cc1ccncc1CN1CCCC(NC2CC2)C1. The molecule has 0 bridgehead atoms. The van der Waals surface area contributed by atoms with Crippen LogP contribution in [0.1, 0.15) is 36.8 Å². The molecule has 2 aliphatic rings. The lowest BCUT2D eigenvalue weighted by atomic mass is 10.0. The standard InChI is InChI=1S/C15H23N3/c1-12-6-7-16-9-13(12)10-18-8-2-3-15(11-18)17-14-4-5-14/h6-7,9,14-15,17H,2-5,8,10-11H2,1H3. The molecule has 1 aromatic heterocycles. The van der Waals surface area contributed by atoms with Crippen molar-refractivity contribution in [2.24, 2.45) is 0 Å². The third kappa shape index (κ3) is 3.09. The highest BCUT2D eigenvalue weighted by Crippen LogP contribution is 2.22. The van der Waals surface area contributed by atoms with E-state index in [0.717, 1.165) is 12.6 Å². The largest absolute Gasteiger partial charge is 0.310 e. The van der Waals surface area contributed by atoms with Crippen molar-refractivity contribution in [2.75, 3.05) is 13.1 Å². The van der Waals surface area contributed by atoms with Crippen molar-refractivity contribution < 1.29 is 0 Å². The third-order valence-corrected chi connectivity index (χ3v) is 4.10. The van der Waals surface area contributed by atoms with Gasteiger partial charge in [0.25, 0.3) is 0 Å². The average Bonchev–Trinajstić information content (AvgIpc) is 3.17. The van der Waals surface area contributed by atoms with Gasteiger partial charge in [0.2, 0.25) is 0 Å². The molecule has 2 heterocycles. The van der Waals surface area contributed by atoms with Gasteiger partial charge >= 0.3 is 0 Å². The molecule has 1 saturated heterocycles. The van der Waals surface area contributed by atoms with Crippen LogP contribution in [0.4, 0.5) is 0 Å². The number of piperidine rings is 1. The molecule has 18 heavy (non-hydrogen) atoms. The number of aromatic nitrogens is 1. The molecule has 3 heteroatoms.